The molecule has 0 spiro atoms. The van der Waals surface area contributed by atoms with Gasteiger partial charge in [-0.15, -0.1) is 0 Å². The number of benzene rings is 3. The van der Waals surface area contributed by atoms with E-state index in [1.165, 1.54) is 14.2 Å². The molecule has 6 heteroatoms. The monoisotopic (exact) mass is 506 g/mol. The third kappa shape index (κ3) is 3.00. The van der Waals surface area contributed by atoms with Crippen LogP contribution in [0.25, 0.3) is 32.6 Å². The van der Waals surface area contributed by atoms with E-state index in [2.05, 4.69) is 50.3 Å². The van der Waals surface area contributed by atoms with Crippen LogP contribution < -0.4 is 0 Å². The number of methoxy groups -OCH3 is 2. The van der Waals surface area contributed by atoms with Crippen LogP contribution in [0.5, 0.6) is 0 Å². The van der Waals surface area contributed by atoms with Gasteiger partial charge in [-0.3, -0.25) is 0 Å². The highest BCUT2D eigenvalue weighted by molar-refractivity contribution is 6.23. The van der Waals surface area contributed by atoms with Crippen molar-refractivity contribution >= 4 is 44.5 Å². The normalized spacial score (nSPS) is 21.8. The molecular formula is C32H30N2O4. The molecule has 6 nitrogen and oxygen atoms in total. The van der Waals surface area contributed by atoms with E-state index in [4.69, 9.17) is 19.4 Å². The third-order valence-electron chi connectivity index (χ3n) is 8.26. The molecule has 2 bridgehead atoms. The summed E-state index contributed by atoms with van der Waals surface area (Å²) in [5.41, 5.74) is 1.84. The van der Waals surface area contributed by atoms with Gasteiger partial charge in [0.05, 0.1) is 58.6 Å². The number of aromatic nitrogens is 2. The number of ether oxygens (including phenoxy) is 2. The molecule has 0 amide bonds. The number of hydrogen-bond acceptors (Lipinski definition) is 6. The molecule has 1 heterocycles. The first kappa shape index (κ1) is 24.3. The van der Waals surface area contributed by atoms with E-state index in [0.717, 1.165) is 56.8 Å². The molecule has 3 aliphatic carbocycles. The van der Waals surface area contributed by atoms with Gasteiger partial charge < -0.3 is 9.47 Å². The van der Waals surface area contributed by atoms with E-state index >= 15 is 0 Å². The summed E-state index contributed by atoms with van der Waals surface area (Å²) in [6, 6.07) is 16.5. The molecule has 4 aromatic rings. The SMILES string of the molecule is CCC[C@@]12C=C[C@@](CCC)(C(C(=O)OC)=C1C(=O)OC)c1nc3c4ccccc4c4ccccc4c3nc12. The summed E-state index contributed by atoms with van der Waals surface area (Å²) in [4.78, 5) is 37.8. The average molecular weight is 507 g/mol. The van der Waals surface area contributed by atoms with Gasteiger partial charge in [-0.05, 0) is 23.6 Å². The molecule has 0 aliphatic heterocycles. The van der Waals surface area contributed by atoms with Gasteiger partial charge in [0, 0.05) is 10.8 Å². The molecule has 1 aromatic heterocycles. The second-order valence-electron chi connectivity index (χ2n) is 10.2. The summed E-state index contributed by atoms with van der Waals surface area (Å²) >= 11 is 0. The first-order valence-corrected chi connectivity index (χ1v) is 13.2. The van der Waals surface area contributed by atoms with Gasteiger partial charge in [-0.25, -0.2) is 19.6 Å². The highest BCUT2D eigenvalue weighted by Gasteiger charge is 2.59. The summed E-state index contributed by atoms with van der Waals surface area (Å²) in [6.07, 6.45) is 6.81. The van der Waals surface area contributed by atoms with E-state index < -0.39 is 22.8 Å². The van der Waals surface area contributed by atoms with Crippen LogP contribution in [-0.2, 0) is 29.9 Å². The van der Waals surface area contributed by atoms with Crippen molar-refractivity contribution in [2.24, 2.45) is 0 Å². The van der Waals surface area contributed by atoms with Crippen molar-refractivity contribution < 1.29 is 19.1 Å². The molecule has 192 valence electrons. The van der Waals surface area contributed by atoms with Crippen molar-refractivity contribution in [3.05, 3.63) is 83.2 Å². The number of esters is 2. The number of nitrogens with zero attached hydrogens (tertiary/aromatic N) is 2. The molecule has 0 fully saturated rings. The lowest BCUT2D eigenvalue weighted by molar-refractivity contribution is -0.140. The zero-order valence-corrected chi connectivity index (χ0v) is 22.1. The van der Waals surface area contributed by atoms with E-state index in [-0.39, 0.29) is 0 Å². The fourth-order valence-corrected chi connectivity index (χ4v) is 6.79. The van der Waals surface area contributed by atoms with Crippen molar-refractivity contribution in [1.82, 2.24) is 9.97 Å². The molecule has 0 unspecified atom stereocenters. The second-order valence-corrected chi connectivity index (χ2v) is 10.2. The molecule has 2 atom stereocenters. The minimum Gasteiger partial charge on any atom is -0.466 e. The lowest BCUT2D eigenvalue weighted by Gasteiger charge is -2.49. The van der Waals surface area contributed by atoms with Gasteiger partial charge in [0.25, 0.3) is 0 Å². The van der Waals surface area contributed by atoms with Crippen molar-refractivity contribution in [1.29, 1.82) is 0 Å². The van der Waals surface area contributed by atoms with Crippen LogP contribution in [-0.4, -0.2) is 36.1 Å². The Morgan fingerprint density at radius 2 is 1.03 bits per heavy atom. The van der Waals surface area contributed by atoms with Crippen LogP contribution in [0.15, 0.2) is 71.8 Å². The third-order valence-corrected chi connectivity index (χ3v) is 8.26. The number of carbonyl (C=O) groups is 2. The summed E-state index contributed by atoms with van der Waals surface area (Å²) in [5.74, 6) is -1.06. The maximum atomic E-state index is 13.5. The van der Waals surface area contributed by atoms with E-state index in [9.17, 15) is 9.59 Å². The fourth-order valence-electron chi connectivity index (χ4n) is 6.79. The topological polar surface area (TPSA) is 78.4 Å². The van der Waals surface area contributed by atoms with Crippen LogP contribution in [0, 0.1) is 0 Å². The highest BCUT2D eigenvalue weighted by Crippen LogP contribution is 2.58. The van der Waals surface area contributed by atoms with Gasteiger partial charge in [-0.2, -0.15) is 0 Å². The number of hydrogen-bond donors (Lipinski definition) is 0. The molecule has 0 saturated carbocycles. The zero-order valence-electron chi connectivity index (χ0n) is 22.1. The van der Waals surface area contributed by atoms with Gasteiger partial charge in [0.1, 0.15) is 0 Å². The van der Waals surface area contributed by atoms with Gasteiger partial charge in [-0.1, -0.05) is 87.4 Å². The predicted octanol–water partition coefficient (Wildman–Crippen LogP) is 6.24. The first-order valence-electron chi connectivity index (χ1n) is 13.2. The molecule has 7 rings (SSSR count). The summed E-state index contributed by atoms with van der Waals surface area (Å²) < 4.78 is 10.6. The largest absolute Gasteiger partial charge is 0.466 e. The van der Waals surface area contributed by atoms with Gasteiger partial charge in [0.2, 0.25) is 0 Å². The van der Waals surface area contributed by atoms with Crippen LogP contribution in [0.2, 0.25) is 0 Å². The molecular weight excluding hydrogens is 476 g/mol. The van der Waals surface area contributed by atoms with E-state index in [1.54, 1.807) is 0 Å². The van der Waals surface area contributed by atoms with Crippen molar-refractivity contribution in [3.63, 3.8) is 0 Å². The van der Waals surface area contributed by atoms with Crippen LogP contribution >= 0.6 is 0 Å². The smallest absolute Gasteiger partial charge is 0.335 e. The predicted molar refractivity (Wildman–Crippen MR) is 148 cm³/mol. The lowest BCUT2D eigenvalue weighted by Crippen LogP contribution is -2.51. The summed E-state index contributed by atoms with van der Waals surface area (Å²) in [5, 5.41) is 4.23. The fraction of sp³-hybridized carbons (Fsp3) is 0.312. The van der Waals surface area contributed by atoms with E-state index in [1.807, 2.05) is 24.3 Å². The Morgan fingerprint density at radius 1 is 0.658 bits per heavy atom. The maximum Gasteiger partial charge on any atom is 0.335 e. The highest BCUT2D eigenvalue weighted by atomic mass is 16.5. The number of rotatable bonds is 6. The minimum atomic E-state index is -0.940. The quantitative estimate of drug-likeness (QED) is 0.175. The molecule has 0 saturated heterocycles. The van der Waals surface area contributed by atoms with Crippen molar-refractivity contribution in [3.8, 4) is 0 Å². The Balaban J connectivity index is 1.84. The van der Waals surface area contributed by atoms with Crippen LogP contribution in [0.3, 0.4) is 0 Å². The molecule has 3 aliphatic rings. The molecule has 0 N–H and O–H groups in total. The number of carbonyl (C=O) groups excluding carboxylic acids is 2. The second kappa shape index (κ2) is 8.76. The minimum absolute atomic E-state index is 0.330. The molecule has 3 aromatic carbocycles. The van der Waals surface area contributed by atoms with Crippen LogP contribution in [0.1, 0.15) is 50.9 Å². The number of fused-ring (bicyclic) bond motifs is 6. The van der Waals surface area contributed by atoms with Gasteiger partial charge >= 0.3 is 11.9 Å². The Bertz CT molecular complexity index is 1600. The summed E-state index contributed by atoms with van der Waals surface area (Å²) in [6.45, 7) is 4.13. The van der Waals surface area contributed by atoms with E-state index in [0.29, 0.717) is 24.0 Å². The Kier molecular flexibility index (Phi) is 5.60. The average Bonchev–Trinajstić information content (AvgIpc) is 2.96. The maximum absolute atomic E-state index is 13.5. The Hall–Kier alpha value is -4.06. The van der Waals surface area contributed by atoms with Crippen LogP contribution in [0.4, 0.5) is 0 Å². The zero-order chi connectivity index (χ0) is 26.7. The molecule has 0 radical (unpaired) electrons. The van der Waals surface area contributed by atoms with Crippen molar-refractivity contribution in [2.45, 2.75) is 50.4 Å². The summed E-state index contributed by atoms with van der Waals surface area (Å²) in [7, 11) is 2.71. The van der Waals surface area contributed by atoms with Gasteiger partial charge in [0.15, 0.2) is 0 Å². The number of allylic oxidation sites excluding steroid dienone is 2. The van der Waals surface area contributed by atoms with Crippen molar-refractivity contribution in [2.75, 3.05) is 14.2 Å². The Morgan fingerprint density at radius 3 is 1.37 bits per heavy atom. The Labute approximate surface area is 221 Å². The molecule has 38 heavy (non-hydrogen) atoms. The first-order chi connectivity index (χ1) is 18.5. The standard InChI is InChI=1S/C32H30N2O4/c1-5-15-31-17-18-32(16-6-2,24(30(36)38-4)23(31)29(35)37-3)28-27(31)33-25-21-13-9-7-11-19(21)20-12-8-10-14-22(20)26(25)34-28/h7-14,17-18H,5-6,15-16H2,1-4H3/t31-,32+. The lowest BCUT2D eigenvalue weighted by atomic mass is 9.53.